The first-order chi connectivity index (χ1) is 8.81. The van der Waals surface area contributed by atoms with Gasteiger partial charge in [0.15, 0.2) is 0 Å². The smallest absolute Gasteiger partial charge is 0.0594 e. The summed E-state index contributed by atoms with van der Waals surface area (Å²) < 4.78 is 0. The third-order valence-electron chi connectivity index (χ3n) is 3.54. The van der Waals surface area contributed by atoms with Crippen LogP contribution in [0.4, 0.5) is 5.69 Å². The van der Waals surface area contributed by atoms with Crippen molar-refractivity contribution < 1.29 is 0 Å². The van der Waals surface area contributed by atoms with Crippen LogP contribution in [0.1, 0.15) is 28.8 Å². The first-order valence-corrected chi connectivity index (χ1v) is 6.58. The number of benzene rings is 1. The summed E-state index contributed by atoms with van der Waals surface area (Å²) in [5, 5.41) is 3.45. The van der Waals surface area contributed by atoms with Crippen molar-refractivity contribution >= 4 is 5.69 Å². The molecule has 2 aromatic rings. The highest BCUT2D eigenvalue weighted by atomic mass is 14.9. The maximum Gasteiger partial charge on any atom is 0.0594 e. The van der Waals surface area contributed by atoms with Gasteiger partial charge in [-0.3, -0.25) is 4.98 Å². The Hall–Kier alpha value is -1.83. The molecule has 92 valence electrons. The van der Waals surface area contributed by atoms with Crippen molar-refractivity contribution in [3.8, 4) is 0 Å². The number of aryl methyl sites for hydroxylation is 3. The Balaban J connectivity index is 1.68. The van der Waals surface area contributed by atoms with Gasteiger partial charge in [0.1, 0.15) is 0 Å². The van der Waals surface area contributed by atoms with E-state index in [-0.39, 0.29) is 0 Å². The lowest BCUT2D eigenvalue weighted by Gasteiger charge is -2.08. The van der Waals surface area contributed by atoms with Crippen LogP contribution in [-0.2, 0) is 19.4 Å². The third-order valence-corrected chi connectivity index (χ3v) is 3.54. The number of nitrogens with zero attached hydrogens (tertiary/aromatic N) is 1. The Kier molecular flexibility index (Phi) is 3.01. The van der Waals surface area contributed by atoms with Crippen LogP contribution in [-0.4, -0.2) is 4.98 Å². The molecule has 2 heteroatoms. The summed E-state index contributed by atoms with van der Waals surface area (Å²) in [5.41, 5.74) is 6.53. The maximum absolute atomic E-state index is 4.40. The van der Waals surface area contributed by atoms with Crippen molar-refractivity contribution in [2.75, 3.05) is 5.32 Å². The molecule has 3 rings (SSSR count). The third kappa shape index (κ3) is 2.37. The predicted molar refractivity (Wildman–Crippen MR) is 74.8 cm³/mol. The molecule has 2 nitrogen and oxygen atoms in total. The van der Waals surface area contributed by atoms with E-state index in [1.54, 1.807) is 0 Å². The summed E-state index contributed by atoms with van der Waals surface area (Å²) in [6.07, 6.45) is 5.70. The van der Waals surface area contributed by atoms with Gasteiger partial charge in [-0.15, -0.1) is 0 Å². The summed E-state index contributed by atoms with van der Waals surface area (Å²) >= 11 is 0. The van der Waals surface area contributed by atoms with Gasteiger partial charge in [-0.25, -0.2) is 0 Å². The molecule has 0 atom stereocenters. The normalized spacial score (nSPS) is 13.4. The molecule has 0 fully saturated rings. The lowest BCUT2D eigenvalue weighted by molar-refractivity contribution is 0.911. The zero-order valence-corrected chi connectivity index (χ0v) is 10.7. The first-order valence-electron chi connectivity index (χ1n) is 6.58. The van der Waals surface area contributed by atoms with Crippen molar-refractivity contribution in [3.05, 3.63) is 58.9 Å². The number of fused-ring (bicyclic) bond motifs is 1. The van der Waals surface area contributed by atoms with Crippen LogP contribution in [0.3, 0.4) is 0 Å². The van der Waals surface area contributed by atoms with E-state index in [1.807, 2.05) is 6.20 Å². The van der Waals surface area contributed by atoms with Gasteiger partial charge in [-0.1, -0.05) is 12.1 Å². The van der Waals surface area contributed by atoms with Gasteiger partial charge in [0.25, 0.3) is 0 Å². The molecule has 1 aromatic carbocycles. The summed E-state index contributed by atoms with van der Waals surface area (Å²) in [6.45, 7) is 2.85. The SMILES string of the molecule is Cc1ccc(CNc2ccc3c(c2)CCC3)nc1. The van der Waals surface area contributed by atoms with Crippen molar-refractivity contribution in [1.29, 1.82) is 0 Å². The van der Waals surface area contributed by atoms with Crippen LogP contribution < -0.4 is 5.32 Å². The van der Waals surface area contributed by atoms with Crippen LogP contribution in [0.2, 0.25) is 0 Å². The minimum atomic E-state index is 0.791. The quantitative estimate of drug-likeness (QED) is 0.885. The van der Waals surface area contributed by atoms with E-state index in [9.17, 15) is 0 Å². The molecule has 0 saturated heterocycles. The molecule has 1 N–H and O–H groups in total. The van der Waals surface area contributed by atoms with Gasteiger partial charge in [-0.2, -0.15) is 0 Å². The van der Waals surface area contributed by atoms with E-state index in [0.29, 0.717) is 0 Å². The van der Waals surface area contributed by atoms with Gasteiger partial charge >= 0.3 is 0 Å². The highest BCUT2D eigenvalue weighted by Crippen LogP contribution is 2.25. The fourth-order valence-corrected chi connectivity index (χ4v) is 2.48. The molecule has 0 aliphatic heterocycles. The standard InChI is InChI=1S/C16H18N2/c1-12-5-7-16(17-10-12)11-18-15-8-6-13-3-2-4-14(13)9-15/h5-10,18H,2-4,11H2,1H3. The van der Waals surface area contributed by atoms with Gasteiger partial charge in [0.2, 0.25) is 0 Å². The van der Waals surface area contributed by atoms with Gasteiger partial charge in [-0.05, 0) is 61.1 Å². The van der Waals surface area contributed by atoms with Crippen LogP contribution >= 0.6 is 0 Å². The molecular weight excluding hydrogens is 220 g/mol. The minimum absolute atomic E-state index is 0.791. The maximum atomic E-state index is 4.40. The summed E-state index contributed by atoms with van der Waals surface area (Å²) in [5.74, 6) is 0. The van der Waals surface area contributed by atoms with Crippen molar-refractivity contribution in [1.82, 2.24) is 4.98 Å². The van der Waals surface area contributed by atoms with E-state index < -0.39 is 0 Å². The van der Waals surface area contributed by atoms with Crippen LogP contribution in [0.5, 0.6) is 0 Å². The van der Waals surface area contributed by atoms with Gasteiger partial charge in [0.05, 0.1) is 12.2 Å². The molecule has 0 spiro atoms. The number of pyridine rings is 1. The summed E-state index contributed by atoms with van der Waals surface area (Å²) in [7, 11) is 0. The Morgan fingerprint density at radius 1 is 1.11 bits per heavy atom. The number of rotatable bonds is 3. The van der Waals surface area contributed by atoms with Gasteiger partial charge in [0, 0.05) is 11.9 Å². The average Bonchev–Trinajstić information content (AvgIpc) is 2.85. The molecular formula is C16H18N2. The molecule has 1 aliphatic carbocycles. The molecule has 18 heavy (non-hydrogen) atoms. The monoisotopic (exact) mass is 238 g/mol. The lowest BCUT2D eigenvalue weighted by Crippen LogP contribution is -2.02. The minimum Gasteiger partial charge on any atom is -0.379 e. The number of hydrogen-bond acceptors (Lipinski definition) is 2. The molecule has 1 aromatic heterocycles. The Labute approximate surface area is 108 Å². The van der Waals surface area contributed by atoms with E-state index in [2.05, 4.69) is 47.6 Å². The Bertz CT molecular complexity index is 544. The number of anilines is 1. The summed E-state index contributed by atoms with van der Waals surface area (Å²) in [6, 6.07) is 10.9. The second kappa shape index (κ2) is 4.81. The zero-order valence-electron chi connectivity index (χ0n) is 10.7. The van der Waals surface area contributed by atoms with Crippen molar-refractivity contribution in [3.63, 3.8) is 0 Å². The first kappa shape index (κ1) is 11.3. The molecule has 0 radical (unpaired) electrons. The second-order valence-electron chi connectivity index (χ2n) is 5.02. The number of hydrogen-bond donors (Lipinski definition) is 1. The fourth-order valence-electron chi connectivity index (χ4n) is 2.48. The number of aromatic nitrogens is 1. The highest BCUT2D eigenvalue weighted by Gasteiger charge is 2.10. The predicted octanol–water partition coefficient (Wildman–Crippen LogP) is 3.49. The number of nitrogens with one attached hydrogen (secondary N) is 1. The van der Waals surface area contributed by atoms with E-state index in [1.165, 1.54) is 41.6 Å². The molecule has 0 unspecified atom stereocenters. The fraction of sp³-hybridized carbons (Fsp3) is 0.312. The van der Waals surface area contributed by atoms with Crippen molar-refractivity contribution in [2.24, 2.45) is 0 Å². The molecule has 1 heterocycles. The van der Waals surface area contributed by atoms with Crippen LogP contribution in [0.25, 0.3) is 0 Å². The summed E-state index contributed by atoms with van der Waals surface area (Å²) in [4.78, 5) is 4.40. The Morgan fingerprint density at radius 2 is 2.00 bits per heavy atom. The molecule has 0 bridgehead atoms. The van der Waals surface area contributed by atoms with Crippen molar-refractivity contribution in [2.45, 2.75) is 32.7 Å². The Morgan fingerprint density at radius 3 is 2.83 bits per heavy atom. The topological polar surface area (TPSA) is 24.9 Å². The van der Waals surface area contributed by atoms with Crippen LogP contribution in [0, 0.1) is 6.92 Å². The largest absolute Gasteiger partial charge is 0.379 e. The van der Waals surface area contributed by atoms with E-state index >= 15 is 0 Å². The molecule has 0 saturated carbocycles. The molecule has 0 amide bonds. The zero-order chi connectivity index (χ0) is 12.4. The lowest BCUT2D eigenvalue weighted by atomic mass is 10.1. The van der Waals surface area contributed by atoms with E-state index in [4.69, 9.17) is 0 Å². The second-order valence-corrected chi connectivity index (χ2v) is 5.02. The molecule has 1 aliphatic rings. The average molecular weight is 238 g/mol. The van der Waals surface area contributed by atoms with Crippen LogP contribution in [0.15, 0.2) is 36.5 Å². The van der Waals surface area contributed by atoms with Gasteiger partial charge < -0.3 is 5.32 Å². The van der Waals surface area contributed by atoms with E-state index in [0.717, 1.165) is 12.2 Å². The highest BCUT2D eigenvalue weighted by molar-refractivity contribution is 5.50.